The lowest BCUT2D eigenvalue weighted by Gasteiger charge is -2.26. The summed E-state index contributed by atoms with van der Waals surface area (Å²) >= 11 is 0. The molecule has 2 fully saturated rings. The van der Waals surface area contributed by atoms with Crippen molar-refractivity contribution >= 4 is 21.8 Å². The molecular weight excluding hydrogens is 445 g/mol. The summed E-state index contributed by atoms with van der Waals surface area (Å²) in [5, 5.41) is 2.82. The second-order valence-electron chi connectivity index (χ2n) is 8.50. The van der Waals surface area contributed by atoms with E-state index in [0.29, 0.717) is 18.4 Å². The molecular formula is C24H28FN3O4S. The van der Waals surface area contributed by atoms with Gasteiger partial charge in [0.25, 0.3) is 5.91 Å². The Labute approximate surface area is 193 Å². The van der Waals surface area contributed by atoms with E-state index in [1.54, 1.807) is 24.3 Å². The maximum Gasteiger partial charge on any atom is 0.253 e. The van der Waals surface area contributed by atoms with E-state index in [9.17, 15) is 22.4 Å². The third kappa shape index (κ3) is 5.25. The number of hydrogen-bond acceptors (Lipinski definition) is 4. The molecule has 0 radical (unpaired) electrons. The van der Waals surface area contributed by atoms with Crippen molar-refractivity contribution < 1.29 is 22.4 Å². The molecule has 0 unspecified atom stereocenters. The van der Waals surface area contributed by atoms with Gasteiger partial charge in [-0.3, -0.25) is 9.59 Å². The standard InChI is InChI=1S/C24H28FN3O4S/c25-20-10-12-21(13-11-20)33(31,32)28-16-4-5-22(28)23(29)26-17-18-6-8-19(9-7-18)24(30)27-14-2-1-3-15-27/h6-13,22H,1-5,14-17H2,(H,26,29)/t22-/m1/s1. The zero-order valence-electron chi connectivity index (χ0n) is 18.4. The van der Waals surface area contributed by atoms with Crippen molar-refractivity contribution in [3.05, 3.63) is 65.5 Å². The molecule has 0 spiro atoms. The fourth-order valence-electron chi connectivity index (χ4n) is 4.38. The normalized spacial score (nSPS) is 19.4. The molecule has 2 aliphatic heterocycles. The zero-order chi connectivity index (χ0) is 23.4. The second kappa shape index (κ2) is 10.0. The highest BCUT2D eigenvalue weighted by Gasteiger charge is 2.39. The van der Waals surface area contributed by atoms with E-state index in [2.05, 4.69) is 5.32 Å². The van der Waals surface area contributed by atoms with Gasteiger partial charge in [0.15, 0.2) is 0 Å². The number of halogens is 1. The summed E-state index contributed by atoms with van der Waals surface area (Å²) in [5.41, 5.74) is 1.45. The summed E-state index contributed by atoms with van der Waals surface area (Å²) in [6.45, 7) is 2.05. The summed E-state index contributed by atoms with van der Waals surface area (Å²) in [4.78, 5) is 27.2. The van der Waals surface area contributed by atoms with Crippen LogP contribution in [-0.2, 0) is 21.4 Å². The highest BCUT2D eigenvalue weighted by atomic mass is 32.2. The number of carbonyl (C=O) groups is 2. The fourth-order valence-corrected chi connectivity index (χ4v) is 6.04. The highest BCUT2D eigenvalue weighted by Crippen LogP contribution is 2.26. The number of benzene rings is 2. The van der Waals surface area contributed by atoms with Gasteiger partial charge in [0.05, 0.1) is 4.90 Å². The minimum Gasteiger partial charge on any atom is -0.351 e. The number of hydrogen-bond donors (Lipinski definition) is 1. The first kappa shape index (κ1) is 23.4. The molecule has 0 saturated carbocycles. The second-order valence-corrected chi connectivity index (χ2v) is 10.4. The molecule has 2 aromatic carbocycles. The van der Waals surface area contributed by atoms with Crippen molar-refractivity contribution in [3.8, 4) is 0 Å². The third-order valence-corrected chi connectivity index (χ3v) is 8.16. The Morgan fingerprint density at radius 3 is 2.24 bits per heavy atom. The van der Waals surface area contributed by atoms with Crippen molar-refractivity contribution in [1.29, 1.82) is 0 Å². The Morgan fingerprint density at radius 1 is 0.909 bits per heavy atom. The van der Waals surface area contributed by atoms with E-state index in [1.165, 1.54) is 16.4 Å². The molecule has 7 nitrogen and oxygen atoms in total. The topological polar surface area (TPSA) is 86.8 Å². The van der Waals surface area contributed by atoms with Gasteiger partial charge in [-0.05, 0) is 74.1 Å². The van der Waals surface area contributed by atoms with E-state index >= 15 is 0 Å². The number of amides is 2. The molecule has 176 valence electrons. The monoisotopic (exact) mass is 473 g/mol. The van der Waals surface area contributed by atoms with Crippen LogP contribution in [-0.4, -0.2) is 55.1 Å². The first-order chi connectivity index (χ1) is 15.9. The molecule has 2 amide bonds. The van der Waals surface area contributed by atoms with Gasteiger partial charge in [0.1, 0.15) is 11.9 Å². The summed E-state index contributed by atoms with van der Waals surface area (Å²) in [6, 6.07) is 10.9. The maximum atomic E-state index is 13.2. The minimum atomic E-state index is -3.89. The summed E-state index contributed by atoms with van der Waals surface area (Å²) < 4.78 is 40.3. The molecule has 1 atom stereocenters. The number of sulfonamides is 1. The van der Waals surface area contributed by atoms with E-state index in [4.69, 9.17) is 0 Å². The Balaban J connectivity index is 1.37. The van der Waals surface area contributed by atoms with Crippen molar-refractivity contribution in [2.75, 3.05) is 19.6 Å². The Morgan fingerprint density at radius 2 is 1.58 bits per heavy atom. The van der Waals surface area contributed by atoms with Crippen LogP contribution in [0.15, 0.2) is 53.4 Å². The number of nitrogens with zero attached hydrogens (tertiary/aromatic N) is 2. The van der Waals surface area contributed by atoms with Crippen LogP contribution in [0.1, 0.15) is 48.0 Å². The molecule has 33 heavy (non-hydrogen) atoms. The predicted octanol–water partition coefficient (Wildman–Crippen LogP) is 2.92. The Bertz CT molecular complexity index is 1100. The van der Waals surface area contributed by atoms with Crippen LogP contribution in [0.3, 0.4) is 0 Å². The predicted molar refractivity (Wildman–Crippen MR) is 121 cm³/mol. The summed E-state index contributed by atoms with van der Waals surface area (Å²) in [7, 11) is -3.89. The molecule has 9 heteroatoms. The maximum absolute atomic E-state index is 13.2. The molecule has 2 aromatic rings. The average molecular weight is 474 g/mol. The number of rotatable bonds is 6. The van der Waals surface area contributed by atoms with Crippen molar-refractivity contribution in [3.63, 3.8) is 0 Å². The van der Waals surface area contributed by atoms with Crippen LogP contribution in [0.25, 0.3) is 0 Å². The van der Waals surface area contributed by atoms with Gasteiger partial charge in [-0.2, -0.15) is 4.31 Å². The lowest BCUT2D eigenvalue weighted by molar-refractivity contribution is -0.124. The number of nitrogens with one attached hydrogen (secondary N) is 1. The van der Waals surface area contributed by atoms with Gasteiger partial charge in [-0.25, -0.2) is 12.8 Å². The summed E-state index contributed by atoms with van der Waals surface area (Å²) in [6.07, 6.45) is 4.23. The van der Waals surface area contributed by atoms with Crippen molar-refractivity contribution in [1.82, 2.24) is 14.5 Å². The van der Waals surface area contributed by atoms with Gasteiger partial charge >= 0.3 is 0 Å². The van der Waals surface area contributed by atoms with Crippen LogP contribution >= 0.6 is 0 Å². The molecule has 1 N–H and O–H groups in total. The Kier molecular flexibility index (Phi) is 7.09. The molecule has 2 aliphatic rings. The van der Waals surface area contributed by atoms with Gasteiger partial charge in [-0.15, -0.1) is 0 Å². The van der Waals surface area contributed by atoms with Gasteiger partial charge in [-0.1, -0.05) is 12.1 Å². The number of carbonyl (C=O) groups excluding carboxylic acids is 2. The van der Waals surface area contributed by atoms with E-state index < -0.39 is 21.9 Å². The smallest absolute Gasteiger partial charge is 0.253 e. The molecule has 2 heterocycles. The molecule has 0 aliphatic carbocycles. The van der Waals surface area contributed by atoms with E-state index in [-0.39, 0.29) is 29.8 Å². The Hall–Kier alpha value is -2.78. The molecule has 2 saturated heterocycles. The lowest BCUT2D eigenvalue weighted by Crippen LogP contribution is -2.45. The number of likely N-dealkylation sites (tertiary alicyclic amines) is 1. The van der Waals surface area contributed by atoms with Crippen molar-refractivity contribution in [2.45, 2.75) is 49.6 Å². The van der Waals surface area contributed by atoms with Crippen molar-refractivity contribution in [2.24, 2.45) is 0 Å². The van der Waals surface area contributed by atoms with Crippen LogP contribution in [0.2, 0.25) is 0 Å². The lowest BCUT2D eigenvalue weighted by atomic mass is 10.1. The zero-order valence-corrected chi connectivity index (χ0v) is 19.2. The summed E-state index contributed by atoms with van der Waals surface area (Å²) in [5.74, 6) is -0.863. The minimum absolute atomic E-state index is 0.0258. The first-order valence-corrected chi connectivity index (χ1v) is 12.7. The number of piperidine rings is 1. The molecule has 4 rings (SSSR count). The SMILES string of the molecule is O=C(NCc1ccc(C(=O)N2CCCCC2)cc1)[C@H]1CCCN1S(=O)(=O)c1ccc(F)cc1. The average Bonchev–Trinajstić information content (AvgIpc) is 3.34. The van der Waals surface area contributed by atoms with E-state index in [0.717, 1.165) is 50.0 Å². The van der Waals surface area contributed by atoms with Crippen LogP contribution < -0.4 is 5.32 Å². The first-order valence-electron chi connectivity index (χ1n) is 11.3. The third-order valence-electron chi connectivity index (χ3n) is 6.24. The van der Waals surface area contributed by atoms with Crippen LogP contribution in [0.4, 0.5) is 4.39 Å². The van der Waals surface area contributed by atoms with Crippen LogP contribution in [0, 0.1) is 5.82 Å². The quantitative estimate of drug-likeness (QED) is 0.699. The van der Waals surface area contributed by atoms with Crippen LogP contribution in [0.5, 0.6) is 0 Å². The molecule has 0 aromatic heterocycles. The van der Waals surface area contributed by atoms with Gasteiger partial charge < -0.3 is 10.2 Å². The van der Waals surface area contributed by atoms with E-state index in [1.807, 2.05) is 4.90 Å². The van der Waals surface area contributed by atoms with Gasteiger partial charge in [0, 0.05) is 31.7 Å². The largest absolute Gasteiger partial charge is 0.351 e. The highest BCUT2D eigenvalue weighted by molar-refractivity contribution is 7.89. The fraction of sp³-hybridized carbons (Fsp3) is 0.417. The van der Waals surface area contributed by atoms with Gasteiger partial charge in [0.2, 0.25) is 15.9 Å². The molecule has 0 bridgehead atoms.